The highest BCUT2D eigenvalue weighted by Gasteiger charge is 2.15. The van der Waals surface area contributed by atoms with Crippen molar-refractivity contribution < 1.29 is 14.3 Å². The van der Waals surface area contributed by atoms with E-state index in [2.05, 4.69) is 0 Å². The van der Waals surface area contributed by atoms with Crippen LogP contribution in [0.5, 0.6) is 0 Å². The zero-order chi connectivity index (χ0) is 11.0. The maximum atomic E-state index is 11.3. The van der Waals surface area contributed by atoms with E-state index in [4.69, 9.17) is 15.2 Å². The third-order valence-corrected chi connectivity index (χ3v) is 1.89. The molecule has 14 heavy (non-hydrogen) atoms. The normalized spacial score (nSPS) is 12.9. The zero-order valence-corrected chi connectivity index (χ0v) is 9.29. The SMILES string of the molecule is CCC(CN)C(=O)OCCOC(C)C. The Morgan fingerprint density at radius 2 is 2.00 bits per heavy atom. The number of carbonyl (C=O) groups excluding carboxylic acids is 1. The summed E-state index contributed by atoms with van der Waals surface area (Å²) < 4.78 is 10.2. The highest BCUT2D eigenvalue weighted by Crippen LogP contribution is 2.02. The molecule has 0 aliphatic heterocycles. The number of hydrogen-bond donors (Lipinski definition) is 1. The first-order chi connectivity index (χ1) is 6.61. The predicted molar refractivity (Wildman–Crippen MR) is 54.9 cm³/mol. The van der Waals surface area contributed by atoms with Crippen LogP contribution in [-0.2, 0) is 14.3 Å². The van der Waals surface area contributed by atoms with Gasteiger partial charge in [-0.2, -0.15) is 0 Å². The number of hydrogen-bond acceptors (Lipinski definition) is 4. The third kappa shape index (κ3) is 5.94. The van der Waals surface area contributed by atoms with Crippen molar-refractivity contribution in [2.45, 2.75) is 33.3 Å². The van der Waals surface area contributed by atoms with Crippen molar-refractivity contribution in [3.63, 3.8) is 0 Å². The minimum Gasteiger partial charge on any atom is -0.463 e. The topological polar surface area (TPSA) is 61.6 Å². The van der Waals surface area contributed by atoms with Crippen molar-refractivity contribution >= 4 is 5.97 Å². The molecule has 0 aliphatic carbocycles. The molecule has 0 aliphatic rings. The molecule has 0 heterocycles. The number of rotatable bonds is 7. The van der Waals surface area contributed by atoms with E-state index in [1.165, 1.54) is 0 Å². The number of ether oxygens (including phenoxy) is 2. The molecule has 4 heteroatoms. The van der Waals surface area contributed by atoms with Crippen LogP contribution in [0.15, 0.2) is 0 Å². The van der Waals surface area contributed by atoms with Crippen LogP contribution in [0.1, 0.15) is 27.2 Å². The summed E-state index contributed by atoms with van der Waals surface area (Å²) in [6, 6.07) is 0. The van der Waals surface area contributed by atoms with Crippen molar-refractivity contribution in [1.82, 2.24) is 0 Å². The van der Waals surface area contributed by atoms with Gasteiger partial charge < -0.3 is 15.2 Å². The molecule has 0 saturated carbocycles. The first-order valence-electron chi connectivity index (χ1n) is 5.10. The van der Waals surface area contributed by atoms with Crippen LogP contribution >= 0.6 is 0 Å². The van der Waals surface area contributed by atoms with Gasteiger partial charge in [0, 0.05) is 6.54 Å². The fourth-order valence-corrected chi connectivity index (χ4v) is 0.973. The summed E-state index contributed by atoms with van der Waals surface area (Å²) in [6.45, 7) is 6.91. The van der Waals surface area contributed by atoms with E-state index >= 15 is 0 Å². The third-order valence-electron chi connectivity index (χ3n) is 1.89. The number of carbonyl (C=O) groups is 1. The fraction of sp³-hybridized carbons (Fsp3) is 0.900. The van der Waals surface area contributed by atoms with E-state index in [0.29, 0.717) is 19.8 Å². The lowest BCUT2D eigenvalue weighted by Gasteiger charge is -2.12. The minimum absolute atomic E-state index is 0.171. The summed E-state index contributed by atoms with van der Waals surface area (Å²) in [4.78, 5) is 11.3. The quantitative estimate of drug-likeness (QED) is 0.494. The number of esters is 1. The second kappa shape index (κ2) is 7.76. The van der Waals surface area contributed by atoms with Crippen molar-refractivity contribution in [1.29, 1.82) is 0 Å². The molecule has 0 aromatic heterocycles. The van der Waals surface area contributed by atoms with E-state index in [1.54, 1.807) is 0 Å². The molecule has 0 fully saturated rings. The molecule has 4 nitrogen and oxygen atoms in total. The standard InChI is InChI=1S/C10H21NO3/c1-4-9(7-11)10(12)14-6-5-13-8(2)3/h8-9H,4-7,11H2,1-3H3. The monoisotopic (exact) mass is 203 g/mol. The first-order valence-corrected chi connectivity index (χ1v) is 5.10. The maximum Gasteiger partial charge on any atom is 0.310 e. The van der Waals surface area contributed by atoms with Gasteiger partial charge in [0.1, 0.15) is 6.61 Å². The molecule has 0 spiro atoms. The summed E-state index contributed by atoms with van der Waals surface area (Å²) in [6.07, 6.45) is 0.894. The molecule has 0 radical (unpaired) electrons. The molecular formula is C10H21NO3. The van der Waals surface area contributed by atoms with E-state index in [0.717, 1.165) is 6.42 Å². The summed E-state index contributed by atoms with van der Waals surface area (Å²) in [5, 5.41) is 0. The lowest BCUT2D eigenvalue weighted by Crippen LogP contribution is -2.26. The maximum absolute atomic E-state index is 11.3. The van der Waals surface area contributed by atoms with Crippen molar-refractivity contribution in [3.8, 4) is 0 Å². The van der Waals surface area contributed by atoms with Gasteiger partial charge in [-0.3, -0.25) is 4.79 Å². The Labute approximate surface area is 85.8 Å². The van der Waals surface area contributed by atoms with Gasteiger partial charge in [0.15, 0.2) is 0 Å². The van der Waals surface area contributed by atoms with Gasteiger partial charge in [-0.25, -0.2) is 0 Å². The van der Waals surface area contributed by atoms with Crippen LogP contribution in [0.25, 0.3) is 0 Å². The van der Waals surface area contributed by atoms with Gasteiger partial charge in [-0.05, 0) is 20.3 Å². The van der Waals surface area contributed by atoms with E-state index in [-0.39, 0.29) is 18.0 Å². The summed E-state index contributed by atoms with van der Waals surface area (Å²) >= 11 is 0. The van der Waals surface area contributed by atoms with Crippen LogP contribution in [0.4, 0.5) is 0 Å². The van der Waals surface area contributed by atoms with Gasteiger partial charge in [-0.1, -0.05) is 6.92 Å². The average molecular weight is 203 g/mol. The molecule has 0 saturated heterocycles. The Hall–Kier alpha value is -0.610. The summed E-state index contributed by atoms with van der Waals surface area (Å²) in [5.74, 6) is -0.392. The summed E-state index contributed by atoms with van der Waals surface area (Å²) in [5.41, 5.74) is 5.40. The molecule has 0 aromatic carbocycles. The molecule has 0 rings (SSSR count). The van der Waals surface area contributed by atoms with Gasteiger partial charge in [0.25, 0.3) is 0 Å². The van der Waals surface area contributed by atoms with Crippen molar-refractivity contribution in [2.24, 2.45) is 11.7 Å². The second-order valence-corrected chi connectivity index (χ2v) is 3.43. The predicted octanol–water partition coefficient (Wildman–Crippen LogP) is 0.939. The first kappa shape index (κ1) is 13.4. The molecule has 1 atom stereocenters. The van der Waals surface area contributed by atoms with Gasteiger partial charge in [0.05, 0.1) is 18.6 Å². The van der Waals surface area contributed by atoms with E-state index in [9.17, 15) is 4.79 Å². The van der Waals surface area contributed by atoms with Crippen LogP contribution in [0.2, 0.25) is 0 Å². The molecule has 1 unspecified atom stereocenters. The van der Waals surface area contributed by atoms with Crippen LogP contribution < -0.4 is 5.73 Å². The Kier molecular flexibility index (Phi) is 7.42. The van der Waals surface area contributed by atoms with Crippen LogP contribution in [0.3, 0.4) is 0 Å². The molecular weight excluding hydrogens is 182 g/mol. The van der Waals surface area contributed by atoms with Crippen molar-refractivity contribution in [2.75, 3.05) is 19.8 Å². The zero-order valence-electron chi connectivity index (χ0n) is 9.29. The molecule has 0 bridgehead atoms. The lowest BCUT2D eigenvalue weighted by atomic mass is 10.1. The Morgan fingerprint density at radius 3 is 2.43 bits per heavy atom. The molecule has 0 aromatic rings. The Balaban J connectivity index is 3.52. The molecule has 0 amide bonds. The van der Waals surface area contributed by atoms with Gasteiger partial charge in [-0.15, -0.1) is 0 Å². The Morgan fingerprint density at radius 1 is 1.36 bits per heavy atom. The van der Waals surface area contributed by atoms with Crippen LogP contribution in [-0.4, -0.2) is 31.8 Å². The molecule has 2 N–H and O–H groups in total. The average Bonchev–Trinajstić information content (AvgIpc) is 2.14. The largest absolute Gasteiger partial charge is 0.463 e. The highest BCUT2D eigenvalue weighted by molar-refractivity contribution is 5.72. The van der Waals surface area contributed by atoms with E-state index < -0.39 is 0 Å². The van der Waals surface area contributed by atoms with Gasteiger partial charge in [0.2, 0.25) is 0 Å². The second-order valence-electron chi connectivity index (χ2n) is 3.43. The Bertz CT molecular complexity index is 155. The van der Waals surface area contributed by atoms with E-state index in [1.807, 2.05) is 20.8 Å². The highest BCUT2D eigenvalue weighted by atomic mass is 16.6. The summed E-state index contributed by atoms with van der Waals surface area (Å²) in [7, 11) is 0. The van der Waals surface area contributed by atoms with Crippen molar-refractivity contribution in [3.05, 3.63) is 0 Å². The smallest absolute Gasteiger partial charge is 0.310 e. The molecule has 84 valence electrons. The minimum atomic E-state index is -0.220. The lowest BCUT2D eigenvalue weighted by molar-refractivity contribution is -0.150. The fourth-order valence-electron chi connectivity index (χ4n) is 0.973. The van der Waals surface area contributed by atoms with Gasteiger partial charge >= 0.3 is 5.97 Å². The van der Waals surface area contributed by atoms with Crippen LogP contribution in [0, 0.1) is 5.92 Å². The number of nitrogens with two attached hydrogens (primary N) is 1.